The maximum absolute atomic E-state index is 12.3. The molecule has 3 rings (SSSR count). The molecule has 24 heavy (non-hydrogen) atoms. The predicted molar refractivity (Wildman–Crippen MR) is 91.8 cm³/mol. The van der Waals surface area contributed by atoms with Gasteiger partial charge in [-0.1, -0.05) is 36.6 Å². The molecule has 1 saturated heterocycles. The first-order chi connectivity index (χ1) is 11.5. The van der Waals surface area contributed by atoms with Crippen LogP contribution in [0.4, 0.5) is 0 Å². The van der Waals surface area contributed by atoms with Gasteiger partial charge in [-0.15, -0.1) is 0 Å². The first-order valence-corrected chi connectivity index (χ1v) is 8.92. The zero-order chi connectivity index (χ0) is 17.1. The van der Waals surface area contributed by atoms with Crippen molar-refractivity contribution in [1.82, 2.24) is 10.2 Å². The predicted octanol–water partition coefficient (Wildman–Crippen LogP) is 2.67. The van der Waals surface area contributed by atoms with Gasteiger partial charge in [-0.3, -0.25) is 14.5 Å². The largest absolute Gasteiger partial charge is 0.480 e. The van der Waals surface area contributed by atoms with Gasteiger partial charge in [0, 0.05) is 17.6 Å². The summed E-state index contributed by atoms with van der Waals surface area (Å²) in [5.41, 5.74) is 0.933. The Morgan fingerprint density at radius 3 is 2.83 bits per heavy atom. The highest BCUT2D eigenvalue weighted by Crippen LogP contribution is 2.39. The molecule has 1 aliphatic heterocycles. The minimum absolute atomic E-state index is 0.132. The number of aliphatic carboxylic acids is 1. The van der Waals surface area contributed by atoms with Crippen LogP contribution in [0, 0.1) is 5.92 Å². The quantitative estimate of drug-likeness (QED) is 0.856. The molecule has 1 heterocycles. The molecule has 6 heteroatoms. The normalized spacial score (nSPS) is 26.8. The third kappa shape index (κ3) is 3.90. The molecule has 5 nitrogen and oxygen atoms in total. The summed E-state index contributed by atoms with van der Waals surface area (Å²) < 4.78 is 0. The Balaban J connectivity index is 1.60. The van der Waals surface area contributed by atoms with E-state index in [0.717, 1.165) is 24.8 Å². The lowest BCUT2D eigenvalue weighted by molar-refractivity contribution is -0.143. The Morgan fingerprint density at radius 1 is 1.29 bits per heavy atom. The number of nitrogens with one attached hydrogen (secondary N) is 1. The SMILES string of the molecule is O=C(CN1C(C(=O)O)CC2CCCCC21)NCc1cccc(Cl)c1. The zero-order valence-electron chi connectivity index (χ0n) is 13.6. The van der Waals surface area contributed by atoms with Crippen LogP contribution in [0.1, 0.15) is 37.7 Å². The minimum Gasteiger partial charge on any atom is -0.480 e. The van der Waals surface area contributed by atoms with Gasteiger partial charge in [-0.05, 0) is 42.9 Å². The molecule has 1 aromatic carbocycles. The lowest BCUT2D eigenvalue weighted by Gasteiger charge is -2.32. The lowest BCUT2D eigenvalue weighted by Crippen LogP contribution is -2.47. The van der Waals surface area contributed by atoms with Crippen molar-refractivity contribution < 1.29 is 14.7 Å². The van der Waals surface area contributed by atoms with E-state index in [2.05, 4.69) is 5.32 Å². The van der Waals surface area contributed by atoms with Gasteiger partial charge in [0.05, 0.1) is 6.54 Å². The van der Waals surface area contributed by atoms with Gasteiger partial charge in [-0.25, -0.2) is 0 Å². The number of carbonyl (C=O) groups is 2. The lowest BCUT2D eigenvalue weighted by atomic mass is 9.85. The van der Waals surface area contributed by atoms with Crippen LogP contribution >= 0.6 is 11.6 Å². The number of hydrogen-bond donors (Lipinski definition) is 2. The van der Waals surface area contributed by atoms with E-state index in [0.29, 0.717) is 23.9 Å². The maximum atomic E-state index is 12.3. The van der Waals surface area contributed by atoms with E-state index in [4.69, 9.17) is 11.6 Å². The second-order valence-corrected chi connectivity index (χ2v) is 7.22. The number of halogens is 1. The first-order valence-electron chi connectivity index (χ1n) is 8.54. The molecule has 1 aromatic rings. The summed E-state index contributed by atoms with van der Waals surface area (Å²) in [6, 6.07) is 7.05. The van der Waals surface area contributed by atoms with Crippen molar-refractivity contribution in [2.45, 2.75) is 50.7 Å². The van der Waals surface area contributed by atoms with E-state index in [-0.39, 0.29) is 18.5 Å². The van der Waals surface area contributed by atoms with Crippen molar-refractivity contribution >= 4 is 23.5 Å². The van der Waals surface area contributed by atoms with Crippen molar-refractivity contribution in [2.75, 3.05) is 6.54 Å². The highest BCUT2D eigenvalue weighted by atomic mass is 35.5. The zero-order valence-corrected chi connectivity index (χ0v) is 14.3. The van der Waals surface area contributed by atoms with Gasteiger partial charge in [0.25, 0.3) is 0 Å². The van der Waals surface area contributed by atoms with Crippen LogP contribution in [0.25, 0.3) is 0 Å². The summed E-state index contributed by atoms with van der Waals surface area (Å²) in [6.45, 7) is 0.553. The fraction of sp³-hybridized carbons (Fsp3) is 0.556. The van der Waals surface area contributed by atoms with Crippen LogP contribution < -0.4 is 5.32 Å². The number of carboxylic acid groups (broad SMARTS) is 1. The second kappa shape index (κ2) is 7.53. The molecule has 0 spiro atoms. The molecule has 3 unspecified atom stereocenters. The van der Waals surface area contributed by atoms with Gasteiger partial charge in [0.1, 0.15) is 6.04 Å². The first kappa shape index (κ1) is 17.2. The van der Waals surface area contributed by atoms with E-state index < -0.39 is 12.0 Å². The Bertz CT molecular complexity index is 622. The van der Waals surface area contributed by atoms with E-state index in [1.165, 1.54) is 6.42 Å². The van der Waals surface area contributed by atoms with Gasteiger partial charge in [0.15, 0.2) is 0 Å². The summed E-state index contributed by atoms with van der Waals surface area (Å²) in [5.74, 6) is -0.528. The number of nitrogens with zero attached hydrogens (tertiary/aromatic N) is 1. The minimum atomic E-state index is -0.813. The third-order valence-electron chi connectivity index (χ3n) is 5.21. The molecule has 2 fully saturated rings. The fourth-order valence-electron chi connectivity index (χ4n) is 4.09. The number of carbonyl (C=O) groups excluding carboxylic acids is 1. The molecule has 2 aliphatic rings. The van der Waals surface area contributed by atoms with Gasteiger partial charge >= 0.3 is 5.97 Å². The van der Waals surface area contributed by atoms with E-state index in [1.807, 2.05) is 23.1 Å². The molecule has 1 aliphatic carbocycles. The third-order valence-corrected chi connectivity index (χ3v) is 5.45. The Morgan fingerprint density at radius 2 is 2.08 bits per heavy atom. The van der Waals surface area contributed by atoms with Crippen LogP contribution in [0.2, 0.25) is 5.02 Å². The van der Waals surface area contributed by atoms with Crippen molar-refractivity contribution in [3.05, 3.63) is 34.9 Å². The topological polar surface area (TPSA) is 69.6 Å². The van der Waals surface area contributed by atoms with E-state index in [1.54, 1.807) is 6.07 Å². The molecular weight excluding hydrogens is 328 g/mol. The van der Waals surface area contributed by atoms with Crippen LogP contribution in [0.3, 0.4) is 0 Å². The fourth-order valence-corrected chi connectivity index (χ4v) is 4.31. The number of likely N-dealkylation sites (tertiary alicyclic amines) is 1. The maximum Gasteiger partial charge on any atom is 0.320 e. The Hall–Kier alpha value is -1.59. The molecular formula is C18H23ClN2O3. The number of carboxylic acids is 1. The molecule has 3 atom stereocenters. The van der Waals surface area contributed by atoms with Gasteiger partial charge in [0.2, 0.25) is 5.91 Å². The van der Waals surface area contributed by atoms with Crippen LogP contribution in [0.15, 0.2) is 24.3 Å². The number of rotatable bonds is 5. The van der Waals surface area contributed by atoms with Crippen LogP contribution in [-0.4, -0.2) is 40.5 Å². The number of amides is 1. The van der Waals surface area contributed by atoms with Gasteiger partial charge in [-0.2, -0.15) is 0 Å². The summed E-state index contributed by atoms with van der Waals surface area (Å²) in [6.07, 6.45) is 5.03. The Labute approximate surface area is 147 Å². The van der Waals surface area contributed by atoms with Gasteiger partial charge < -0.3 is 10.4 Å². The van der Waals surface area contributed by atoms with Crippen molar-refractivity contribution in [2.24, 2.45) is 5.92 Å². The molecule has 2 N–H and O–H groups in total. The monoisotopic (exact) mass is 350 g/mol. The van der Waals surface area contributed by atoms with Crippen LogP contribution in [0.5, 0.6) is 0 Å². The average molecular weight is 351 g/mol. The van der Waals surface area contributed by atoms with E-state index in [9.17, 15) is 14.7 Å². The highest BCUT2D eigenvalue weighted by molar-refractivity contribution is 6.30. The summed E-state index contributed by atoms with van der Waals surface area (Å²) in [7, 11) is 0. The van der Waals surface area contributed by atoms with E-state index >= 15 is 0 Å². The van der Waals surface area contributed by atoms with Crippen molar-refractivity contribution in [3.63, 3.8) is 0 Å². The molecule has 0 bridgehead atoms. The number of fused-ring (bicyclic) bond motifs is 1. The molecule has 130 valence electrons. The molecule has 1 amide bonds. The van der Waals surface area contributed by atoms with Crippen molar-refractivity contribution in [3.8, 4) is 0 Å². The standard InChI is InChI=1S/C18H23ClN2O3/c19-14-6-3-4-12(8-14)10-20-17(22)11-21-15-7-2-1-5-13(15)9-16(21)18(23)24/h3-4,6,8,13,15-16H,1-2,5,7,9-11H2,(H,20,22)(H,23,24). The summed E-state index contributed by atoms with van der Waals surface area (Å²) in [4.78, 5) is 25.8. The molecule has 0 radical (unpaired) electrons. The molecule has 0 aromatic heterocycles. The summed E-state index contributed by atoms with van der Waals surface area (Å²) in [5, 5.41) is 13.0. The van der Waals surface area contributed by atoms with Crippen molar-refractivity contribution in [1.29, 1.82) is 0 Å². The summed E-state index contributed by atoms with van der Waals surface area (Å²) >= 11 is 5.94. The van der Waals surface area contributed by atoms with Crippen LogP contribution in [-0.2, 0) is 16.1 Å². The molecule has 1 saturated carbocycles. The average Bonchev–Trinajstić information content (AvgIpc) is 2.92. The number of benzene rings is 1. The smallest absolute Gasteiger partial charge is 0.320 e. The number of hydrogen-bond acceptors (Lipinski definition) is 3. The second-order valence-electron chi connectivity index (χ2n) is 6.78. The highest BCUT2D eigenvalue weighted by Gasteiger charge is 2.45. The Kier molecular flexibility index (Phi) is 5.41.